The zero-order chi connectivity index (χ0) is 20.2. The minimum atomic E-state index is -0.476. The van der Waals surface area contributed by atoms with Crippen molar-refractivity contribution in [2.75, 3.05) is 39.4 Å². The number of nitrogens with one attached hydrogen (secondary N) is 1. The molecule has 156 valence electrons. The van der Waals surface area contributed by atoms with E-state index in [1.165, 1.54) is 6.26 Å². The molecule has 0 aliphatic carbocycles. The van der Waals surface area contributed by atoms with Gasteiger partial charge in [-0.05, 0) is 44.0 Å². The summed E-state index contributed by atoms with van der Waals surface area (Å²) in [5.74, 6) is 1.57. The quantitative estimate of drug-likeness (QED) is 0.796. The number of nitrogens with zero attached hydrogens (tertiary/aromatic N) is 2. The van der Waals surface area contributed by atoms with Gasteiger partial charge in [0.2, 0.25) is 5.91 Å². The van der Waals surface area contributed by atoms with Crippen LogP contribution in [0.5, 0.6) is 0 Å². The fraction of sp³-hybridized carbons (Fsp3) is 0.524. The second kappa shape index (κ2) is 8.84. The molecule has 4 rings (SSSR count). The topological polar surface area (TPSA) is 88.2 Å². The van der Waals surface area contributed by atoms with Gasteiger partial charge in [0.25, 0.3) is 5.91 Å². The van der Waals surface area contributed by atoms with Gasteiger partial charge in [0.05, 0.1) is 25.5 Å². The lowest BCUT2D eigenvalue weighted by Crippen LogP contribution is -2.49. The first kappa shape index (κ1) is 19.7. The van der Waals surface area contributed by atoms with Crippen LogP contribution in [0.25, 0.3) is 0 Å². The predicted octanol–water partition coefficient (Wildman–Crippen LogP) is 1.98. The zero-order valence-electron chi connectivity index (χ0n) is 16.6. The number of hydrogen-bond acceptors (Lipinski definition) is 6. The van der Waals surface area contributed by atoms with Crippen LogP contribution in [0.1, 0.15) is 41.0 Å². The molecule has 2 aliphatic heterocycles. The molecule has 0 radical (unpaired) electrons. The van der Waals surface area contributed by atoms with Crippen LogP contribution in [0, 0.1) is 6.92 Å². The van der Waals surface area contributed by atoms with Crippen LogP contribution >= 0.6 is 0 Å². The number of ether oxygens (including phenoxy) is 1. The highest BCUT2D eigenvalue weighted by atomic mass is 16.5. The van der Waals surface area contributed by atoms with Crippen LogP contribution < -0.4 is 5.32 Å². The fourth-order valence-corrected chi connectivity index (χ4v) is 4.07. The lowest BCUT2D eigenvalue weighted by molar-refractivity contribution is -0.125. The van der Waals surface area contributed by atoms with Crippen molar-refractivity contribution < 1.29 is 23.2 Å². The van der Waals surface area contributed by atoms with Crippen LogP contribution in [-0.2, 0) is 9.53 Å². The molecule has 0 aromatic carbocycles. The number of furan rings is 2. The SMILES string of the molecule is Cc1ccc([C@@H](CNC(=O)[C@@H]2CCCN2C(=O)c2ccco2)N2CCOCC2)o1. The largest absolute Gasteiger partial charge is 0.465 e. The number of amides is 2. The Morgan fingerprint density at radius 2 is 2.03 bits per heavy atom. The van der Waals surface area contributed by atoms with Crippen LogP contribution in [0.3, 0.4) is 0 Å². The van der Waals surface area contributed by atoms with Crippen LogP contribution in [0.4, 0.5) is 0 Å². The Morgan fingerprint density at radius 1 is 1.21 bits per heavy atom. The van der Waals surface area contributed by atoms with E-state index in [4.69, 9.17) is 13.6 Å². The summed E-state index contributed by atoms with van der Waals surface area (Å²) < 4.78 is 16.5. The number of aryl methyl sites for hydroxylation is 1. The Hall–Kier alpha value is -2.58. The third kappa shape index (κ3) is 4.38. The summed E-state index contributed by atoms with van der Waals surface area (Å²) in [4.78, 5) is 29.5. The van der Waals surface area contributed by atoms with E-state index in [0.717, 1.165) is 31.0 Å². The van der Waals surface area contributed by atoms with Crippen LogP contribution in [-0.4, -0.2) is 67.0 Å². The molecule has 2 amide bonds. The highest BCUT2D eigenvalue weighted by molar-refractivity contribution is 5.95. The molecule has 2 fully saturated rings. The van der Waals surface area contributed by atoms with E-state index in [2.05, 4.69) is 10.2 Å². The first-order chi connectivity index (χ1) is 14.1. The Balaban J connectivity index is 1.42. The average molecular weight is 401 g/mol. The second-order valence-corrected chi connectivity index (χ2v) is 7.49. The van der Waals surface area contributed by atoms with Crippen molar-refractivity contribution in [1.82, 2.24) is 15.1 Å². The lowest BCUT2D eigenvalue weighted by Gasteiger charge is -2.34. The highest BCUT2D eigenvalue weighted by Gasteiger charge is 2.36. The summed E-state index contributed by atoms with van der Waals surface area (Å²) in [6, 6.07) is 6.67. The molecule has 8 heteroatoms. The molecule has 2 atom stereocenters. The van der Waals surface area contributed by atoms with Crippen molar-refractivity contribution in [2.45, 2.75) is 31.8 Å². The maximum absolute atomic E-state index is 12.9. The summed E-state index contributed by atoms with van der Waals surface area (Å²) in [7, 11) is 0. The predicted molar refractivity (Wildman–Crippen MR) is 104 cm³/mol. The van der Waals surface area contributed by atoms with Gasteiger partial charge in [0.15, 0.2) is 5.76 Å². The molecule has 29 heavy (non-hydrogen) atoms. The van der Waals surface area contributed by atoms with Crippen molar-refractivity contribution in [3.05, 3.63) is 47.8 Å². The molecule has 2 aromatic heterocycles. The van der Waals surface area contributed by atoms with Gasteiger partial charge >= 0.3 is 0 Å². The van der Waals surface area contributed by atoms with Crippen LogP contribution in [0.2, 0.25) is 0 Å². The number of morpholine rings is 1. The Labute approximate surface area is 169 Å². The van der Waals surface area contributed by atoms with Gasteiger partial charge < -0.3 is 23.8 Å². The van der Waals surface area contributed by atoms with Gasteiger partial charge in [-0.3, -0.25) is 14.5 Å². The van der Waals surface area contributed by atoms with E-state index >= 15 is 0 Å². The number of carbonyl (C=O) groups is 2. The van der Waals surface area contributed by atoms with E-state index in [1.807, 2.05) is 19.1 Å². The van der Waals surface area contributed by atoms with Gasteiger partial charge in [-0.25, -0.2) is 0 Å². The van der Waals surface area contributed by atoms with Gasteiger partial charge in [-0.15, -0.1) is 0 Å². The van der Waals surface area contributed by atoms with Gasteiger partial charge in [0, 0.05) is 26.2 Å². The first-order valence-corrected chi connectivity index (χ1v) is 10.1. The second-order valence-electron chi connectivity index (χ2n) is 7.49. The Bertz CT molecular complexity index is 825. The first-order valence-electron chi connectivity index (χ1n) is 10.1. The summed E-state index contributed by atoms with van der Waals surface area (Å²) in [5, 5.41) is 3.05. The minimum Gasteiger partial charge on any atom is -0.465 e. The van der Waals surface area contributed by atoms with E-state index < -0.39 is 6.04 Å². The molecule has 0 saturated carbocycles. The monoisotopic (exact) mass is 401 g/mol. The number of rotatable bonds is 6. The van der Waals surface area contributed by atoms with E-state index in [0.29, 0.717) is 32.7 Å². The fourth-order valence-electron chi connectivity index (χ4n) is 4.07. The lowest BCUT2D eigenvalue weighted by atomic mass is 10.1. The normalized spacial score (nSPS) is 21.3. The summed E-state index contributed by atoms with van der Waals surface area (Å²) >= 11 is 0. The van der Waals surface area contributed by atoms with E-state index in [1.54, 1.807) is 17.0 Å². The van der Waals surface area contributed by atoms with Crippen molar-refractivity contribution >= 4 is 11.8 Å². The van der Waals surface area contributed by atoms with Gasteiger partial charge in [-0.2, -0.15) is 0 Å². The third-order valence-electron chi connectivity index (χ3n) is 5.59. The Kier molecular flexibility index (Phi) is 6.01. The number of carbonyl (C=O) groups excluding carboxylic acids is 2. The Morgan fingerprint density at radius 3 is 2.72 bits per heavy atom. The van der Waals surface area contributed by atoms with Crippen molar-refractivity contribution in [3.8, 4) is 0 Å². The summed E-state index contributed by atoms with van der Waals surface area (Å²) in [6.07, 6.45) is 2.92. The maximum Gasteiger partial charge on any atom is 0.290 e. The average Bonchev–Trinajstić information content (AvgIpc) is 3.50. The molecule has 1 N–H and O–H groups in total. The molecule has 2 saturated heterocycles. The zero-order valence-corrected chi connectivity index (χ0v) is 16.6. The van der Waals surface area contributed by atoms with E-state index in [9.17, 15) is 9.59 Å². The molecular formula is C21H27N3O5. The molecule has 4 heterocycles. The molecule has 0 unspecified atom stereocenters. The number of likely N-dealkylation sites (tertiary alicyclic amines) is 1. The van der Waals surface area contributed by atoms with E-state index in [-0.39, 0.29) is 23.6 Å². The molecule has 2 aromatic rings. The summed E-state index contributed by atoms with van der Waals surface area (Å²) in [6.45, 7) is 5.79. The smallest absolute Gasteiger partial charge is 0.290 e. The molecular weight excluding hydrogens is 374 g/mol. The standard InChI is InChI=1S/C21H27N3O5/c1-15-6-7-18(29-15)17(23-9-12-27-13-10-23)14-22-20(25)16-4-2-8-24(16)21(26)19-5-3-11-28-19/h3,5-7,11,16-17H,2,4,8-10,12-14H2,1H3,(H,22,25)/t16-,17+/m0/s1. The highest BCUT2D eigenvalue weighted by Crippen LogP contribution is 2.24. The molecule has 0 bridgehead atoms. The maximum atomic E-state index is 12.9. The molecule has 8 nitrogen and oxygen atoms in total. The minimum absolute atomic E-state index is 0.0628. The van der Waals surface area contributed by atoms with Crippen LogP contribution in [0.15, 0.2) is 39.4 Å². The van der Waals surface area contributed by atoms with Crippen molar-refractivity contribution in [2.24, 2.45) is 0 Å². The van der Waals surface area contributed by atoms with Gasteiger partial charge in [0.1, 0.15) is 17.6 Å². The molecule has 0 spiro atoms. The van der Waals surface area contributed by atoms with Gasteiger partial charge in [-0.1, -0.05) is 0 Å². The third-order valence-corrected chi connectivity index (χ3v) is 5.59. The number of hydrogen-bond donors (Lipinski definition) is 1. The van der Waals surface area contributed by atoms with Crippen molar-refractivity contribution in [1.29, 1.82) is 0 Å². The summed E-state index contributed by atoms with van der Waals surface area (Å²) in [5.41, 5.74) is 0. The van der Waals surface area contributed by atoms with Crippen molar-refractivity contribution in [3.63, 3.8) is 0 Å². The molecule has 2 aliphatic rings.